The Bertz CT molecular complexity index is 986. The van der Waals surface area contributed by atoms with E-state index < -0.39 is 30.5 Å². The van der Waals surface area contributed by atoms with E-state index in [-0.39, 0.29) is 22.0 Å². The van der Waals surface area contributed by atoms with Gasteiger partial charge >= 0.3 is 0 Å². The van der Waals surface area contributed by atoms with E-state index in [1.165, 1.54) is 31.2 Å². The number of nitrogens with zero attached hydrogens (tertiary/aromatic N) is 1. The molecule has 0 unspecified atom stereocenters. The first kappa shape index (κ1) is 19.0. The Kier molecular flexibility index (Phi) is 5.55. The SMILES string of the molecule is Cc1ccc([N+](=O)[O-])cc1S(=O)(=O)NCCS(=O)(=O)c1ccccc1. The first-order valence-electron chi connectivity index (χ1n) is 7.16. The van der Waals surface area contributed by atoms with E-state index in [2.05, 4.69) is 4.72 Å². The zero-order chi connectivity index (χ0) is 18.7. The van der Waals surface area contributed by atoms with Gasteiger partial charge in [-0.15, -0.1) is 0 Å². The van der Waals surface area contributed by atoms with Crippen LogP contribution in [0.2, 0.25) is 0 Å². The van der Waals surface area contributed by atoms with Crippen molar-refractivity contribution in [1.29, 1.82) is 0 Å². The van der Waals surface area contributed by atoms with Crippen molar-refractivity contribution in [3.8, 4) is 0 Å². The quantitative estimate of drug-likeness (QED) is 0.572. The maximum atomic E-state index is 12.3. The van der Waals surface area contributed by atoms with Crippen molar-refractivity contribution in [3.63, 3.8) is 0 Å². The molecule has 10 heteroatoms. The number of sulfone groups is 1. The van der Waals surface area contributed by atoms with Crippen LogP contribution in [0.1, 0.15) is 5.56 Å². The van der Waals surface area contributed by atoms with Gasteiger partial charge in [-0.2, -0.15) is 0 Å². The Morgan fingerprint density at radius 3 is 2.28 bits per heavy atom. The van der Waals surface area contributed by atoms with Crippen LogP contribution in [0.3, 0.4) is 0 Å². The number of nitrogens with one attached hydrogen (secondary N) is 1. The number of nitro benzene ring substituents is 1. The van der Waals surface area contributed by atoms with Gasteiger partial charge in [0.15, 0.2) is 9.84 Å². The Balaban J connectivity index is 2.15. The predicted molar refractivity (Wildman–Crippen MR) is 91.5 cm³/mol. The summed E-state index contributed by atoms with van der Waals surface area (Å²) in [6.07, 6.45) is 0. The third-order valence-electron chi connectivity index (χ3n) is 3.44. The van der Waals surface area contributed by atoms with Crippen molar-refractivity contribution in [2.24, 2.45) is 0 Å². The highest BCUT2D eigenvalue weighted by atomic mass is 32.2. The van der Waals surface area contributed by atoms with Crippen LogP contribution in [0.4, 0.5) is 5.69 Å². The topological polar surface area (TPSA) is 123 Å². The van der Waals surface area contributed by atoms with Gasteiger partial charge in [-0.1, -0.05) is 24.3 Å². The van der Waals surface area contributed by atoms with E-state index in [4.69, 9.17) is 0 Å². The molecule has 2 aromatic rings. The van der Waals surface area contributed by atoms with E-state index >= 15 is 0 Å². The molecule has 0 amide bonds. The number of hydrogen-bond donors (Lipinski definition) is 1. The van der Waals surface area contributed by atoms with Gasteiger partial charge < -0.3 is 0 Å². The van der Waals surface area contributed by atoms with E-state index in [0.717, 1.165) is 6.07 Å². The van der Waals surface area contributed by atoms with Crippen LogP contribution in [0, 0.1) is 17.0 Å². The average molecular weight is 384 g/mol. The van der Waals surface area contributed by atoms with Gasteiger partial charge in [0.2, 0.25) is 10.0 Å². The predicted octanol–water partition coefficient (Wildman–Crippen LogP) is 1.66. The zero-order valence-electron chi connectivity index (χ0n) is 13.2. The lowest BCUT2D eigenvalue weighted by Gasteiger charge is -2.09. The summed E-state index contributed by atoms with van der Waals surface area (Å²) in [6.45, 7) is 1.15. The highest BCUT2D eigenvalue weighted by Crippen LogP contribution is 2.21. The van der Waals surface area contributed by atoms with Crippen molar-refractivity contribution < 1.29 is 21.8 Å². The fourth-order valence-corrected chi connectivity index (χ4v) is 4.73. The van der Waals surface area contributed by atoms with Gasteiger partial charge in [-0.25, -0.2) is 21.6 Å². The van der Waals surface area contributed by atoms with E-state index in [9.17, 15) is 26.9 Å². The number of hydrogen-bond acceptors (Lipinski definition) is 6. The van der Waals surface area contributed by atoms with Crippen molar-refractivity contribution in [3.05, 3.63) is 64.2 Å². The average Bonchev–Trinajstić information content (AvgIpc) is 2.55. The molecule has 0 radical (unpaired) electrons. The highest BCUT2D eigenvalue weighted by molar-refractivity contribution is 7.91. The summed E-state index contributed by atoms with van der Waals surface area (Å²) in [5.41, 5.74) is -0.0353. The summed E-state index contributed by atoms with van der Waals surface area (Å²) >= 11 is 0. The zero-order valence-corrected chi connectivity index (χ0v) is 14.9. The molecular formula is C15H16N2O6S2. The van der Waals surface area contributed by atoms with Gasteiger partial charge in [-0.05, 0) is 24.6 Å². The highest BCUT2D eigenvalue weighted by Gasteiger charge is 2.21. The first-order chi connectivity index (χ1) is 11.6. The van der Waals surface area contributed by atoms with Crippen LogP contribution >= 0.6 is 0 Å². The van der Waals surface area contributed by atoms with Crippen molar-refractivity contribution in [2.45, 2.75) is 16.7 Å². The van der Waals surface area contributed by atoms with Crippen LogP contribution in [0.25, 0.3) is 0 Å². The summed E-state index contributed by atoms with van der Waals surface area (Å²) in [5.74, 6) is -0.426. The lowest BCUT2D eigenvalue weighted by Crippen LogP contribution is -2.29. The number of benzene rings is 2. The lowest BCUT2D eigenvalue weighted by atomic mass is 10.2. The molecule has 0 fully saturated rings. The maximum absolute atomic E-state index is 12.3. The monoisotopic (exact) mass is 384 g/mol. The number of non-ortho nitro benzene ring substituents is 1. The molecular weight excluding hydrogens is 368 g/mol. The molecule has 0 bridgehead atoms. The van der Waals surface area contributed by atoms with E-state index in [1.807, 2.05) is 0 Å². The molecule has 2 rings (SSSR count). The maximum Gasteiger partial charge on any atom is 0.270 e. The minimum absolute atomic E-state index is 0.0979. The van der Waals surface area contributed by atoms with Crippen LogP contribution in [0.15, 0.2) is 58.3 Å². The molecule has 1 N–H and O–H groups in total. The number of rotatable bonds is 7. The molecule has 25 heavy (non-hydrogen) atoms. The summed E-state index contributed by atoms with van der Waals surface area (Å²) in [4.78, 5) is 9.96. The number of nitro groups is 1. The molecule has 8 nitrogen and oxygen atoms in total. The Labute approximate surface area is 145 Å². The molecule has 134 valence electrons. The first-order valence-corrected chi connectivity index (χ1v) is 10.3. The fraction of sp³-hybridized carbons (Fsp3) is 0.200. The molecule has 0 saturated carbocycles. The van der Waals surface area contributed by atoms with Crippen molar-refractivity contribution in [1.82, 2.24) is 4.72 Å². The minimum Gasteiger partial charge on any atom is -0.258 e. The Hall–Kier alpha value is -2.30. The van der Waals surface area contributed by atoms with Crippen LogP contribution in [-0.2, 0) is 19.9 Å². The standard InChI is InChI=1S/C15H16N2O6S2/c1-12-7-8-13(17(18)19)11-15(12)25(22,23)16-9-10-24(20,21)14-5-3-2-4-6-14/h2-8,11,16H,9-10H2,1H3. The summed E-state index contributed by atoms with van der Waals surface area (Å²) in [5, 5.41) is 10.8. The molecule has 0 aliphatic heterocycles. The Morgan fingerprint density at radius 1 is 1.04 bits per heavy atom. The summed E-state index contributed by atoms with van der Waals surface area (Å²) < 4.78 is 51.1. The largest absolute Gasteiger partial charge is 0.270 e. The molecule has 0 atom stereocenters. The molecule has 0 heterocycles. The normalized spacial score (nSPS) is 12.0. The van der Waals surface area contributed by atoms with E-state index in [0.29, 0.717) is 5.56 Å². The lowest BCUT2D eigenvalue weighted by molar-refractivity contribution is -0.385. The number of sulfonamides is 1. The third-order valence-corrected chi connectivity index (χ3v) is 6.77. The molecule has 0 aliphatic rings. The summed E-state index contributed by atoms with van der Waals surface area (Å²) in [7, 11) is -7.70. The second kappa shape index (κ2) is 7.30. The molecule has 0 aromatic heterocycles. The smallest absolute Gasteiger partial charge is 0.258 e. The fourth-order valence-electron chi connectivity index (χ4n) is 2.13. The van der Waals surface area contributed by atoms with Gasteiger partial charge in [-0.3, -0.25) is 10.1 Å². The van der Waals surface area contributed by atoms with Gasteiger partial charge in [0.25, 0.3) is 5.69 Å². The van der Waals surface area contributed by atoms with Crippen molar-refractivity contribution in [2.75, 3.05) is 12.3 Å². The van der Waals surface area contributed by atoms with E-state index in [1.54, 1.807) is 18.2 Å². The Morgan fingerprint density at radius 2 is 1.68 bits per heavy atom. The molecule has 2 aromatic carbocycles. The minimum atomic E-state index is -4.07. The second-order valence-electron chi connectivity index (χ2n) is 5.24. The molecule has 0 aliphatic carbocycles. The third kappa shape index (κ3) is 4.62. The van der Waals surface area contributed by atoms with Crippen LogP contribution in [-0.4, -0.2) is 34.1 Å². The molecule has 0 spiro atoms. The second-order valence-corrected chi connectivity index (χ2v) is 9.08. The molecule has 0 saturated heterocycles. The van der Waals surface area contributed by atoms with Crippen LogP contribution in [0.5, 0.6) is 0 Å². The van der Waals surface area contributed by atoms with Gasteiger partial charge in [0.05, 0.1) is 20.5 Å². The van der Waals surface area contributed by atoms with Crippen LogP contribution < -0.4 is 4.72 Å². The van der Waals surface area contributed by atoms with Crippen molar-refractivity contribution >= 4 is 25.5 Å². The van der Waals surface area contributed by atoms with Gasteiger partial charge in [0, 0.05) is 18.7 Å². The summed E-state index contributed by atoms with van der Waals surface area (Å²) in [6, 6.07) is 11.1. The van der Waals surface area contributed by atoms with Gasteiger partial charge in [0.1, 0.15) is 0 Å². The number of aryl methyl sites for hydroxylation is 1.